The van der Waals surface area contributed by atoms with Gasteiger partial charge in [-0.2, -0.15) is 0 Å². The second-order valence-corrected chi connectivity index (χ2v) is 3.20. The Morgan fingerprint density at radius 2 is 2.07 bits per heavy atom. The zero-order chi connectivity index (χ0) is 10.7. The molecule has 14 heavy (non-hydrogen) atoms. The molecule has 0 aliphatic rings. The lowest BCUT2D eigenvalue weighted by atomic mass is 10.2. The molecule has 0 spiro atoms. The lowest BCUT2D eigenvalue weighted by Gasteiger charge is -2.11. The summed E-state index contributed by atoms with van der Waals surface area (Å²) in [5.74, 6) is -0.575. The summed E-state index contributed by atoms with van der Waals surface area (Å²) in [6.45, 7) is 1.80. The van der Waals surface area contributed by atoms with Gasteiger partial charge in [-0.1, -0.05) is 6.07 Å². The standard InChI is InChI=1S/C10H12FNO2/c1-7-4-5-8(11)9(6-7)14-10(13)12(2)3/h4-6H,1-3H3. The number of benzene rings is 1. The molecule has 0 heterocycles. The molecular weight excluding hydrogens is 185 g/mol. The Balaban J connectivity index is 2.86. The average molecular weight is 197 g/mol. The van der Waals surface area contributed by atoms with Crippen molar-refractivity contribution in [3.8, 4) is 5.75 Å². The smallest absolute Gasteiger partial charge is 0.407 e. The Bertz CT molecular complexity index is 350. The predicted octanol–water partition coefficient (Wildman–Crippen LogP) is 2.19. The fourth-order valence-corrected chi connectivity index (χ4v) is 0.874. The Morgan fingerprint density at radius 1 is 1.43 bits per heavy atom. The lowest BCUT2D eigenvalue weighted by molar-refractivity contribution is 0.170. The van der Waals surface area contributed by atoms with Crippen molar-refractivity contribution in [2.24, 2.45) is 0 Å². The summed E-state index contributed by atoms with van der Waals surface area (Å²) >= 11 is 0. The summed E-state index contributed by atoms with van der Waals surface area (Å²) in [5, 5.41) is 0. The molecule has 1 aromatic carbocycles. The second-order valence-electron chi connectivity index (χ2n) is 3.20. The molecule has 1 aromatic rings. The van der Waals surface area contributed by atoms with Crippen molar-refractivity contribution in [2.75, 3.05) is 14.1 Å². The molecular formula is C10H12FNO2. The third-order valence-corrected chi connectivity index (χ3v) is 1.65. The van der Waals surface area contributed by atoms with Gasteiger partial charge in [0.2, 0.25) is 0 Å². The van der Waals surface area contributed by atoms with Gasteiger partial charge in [0.05, 0.1) is 0 Å². The maximum Gasteiger partial charge on any atom is 0.414 e. The summed E-state index contributed by atoms with van der Waals surface area (Å²) in [6.07, 6.45) is -0.588. The van der Waals surface area contributed by atoms with Crippen LogP contribution in [0.15, 0.2) is 18.2 Å². The minimum absolute atomic E-state index is 0.0382. The molecule has 4 heteroatoms. The molecule has 0 unspecified atom stereocenters. The second kappa shape index (κ2) is 4.09. The van der Waals surface area contributed by atoms with E-state index in [1.54, 1.807) is 13.0 Å². The van der Waals surface area contributed by atoms with Gasteiger partial charge in [-0.15, -0.1) is 0 Å². The highest BCUT2D eigenvalue weighted by Crippen LogP contribution is 2.18. The SMILES string of the molecule is Cc1ccc(F)c(OC(=O)N(C)C)c1. The van der Waals surface area contributed by atoms with Gasteiger partial charge in [-0.05, 0) is 24.6 Å². The molecule has 0 fully saturated rings. The van der Waals surface area contributed by atoms with Gasteiger partial charge in [-0.3, -0.25) is 0 Å². The van der Waals surface area contributed by atoms with Gasteiger partial charge in [-0.25, -0.2) is 9.18 Å². The number of hydrogen-bond acceptors (Lipinski definition) is 2. The van der Waals surface area contributed by atoms with E-state index in [1.165, 1.54) is 31.1 Å². The number of amides is 1. The quantitative estimate of drug-likeness (QED) is 0.690. The Labute approximate surface area is 82.1 Å². The van der Waals surface area contributed by atoms with Gasteiger partial charge in [0, 0.05) is 14.1 Å². The van der Waals surface area contributed by atoms with Crippen LogP contribution in [0.3, 0.4) is 0 Å². The molecule has 0 saturated heterocycles. The van der Waals surface area contributed by atoms with Gasteiger partial charge < -0.3 is 9.64 Å². The summed E-state index contributed by atoms with van der Waals surface area (Å²) < 4.78 is 17.9. The molecule has 0 aromatic heterocycles. The maximum atomic E-state index is 13.1. The summed E-state index contributed by atoms with van der Waals surface area (Å²) in [6, 6.07) is 4.37. The van der Waals surface area contributed by atoms with E-state index in [-0.39, 0.29) is 5.75 Å². The van der Waals surface area contributed by atoms with Crippen LogP contribution in [0.1, 0.15) is 5.56 Å². The third-order valence-electron chi connectivity index (χ3n) is 1.65. The number of ether oxygens (including phenoxy) is 1. The summed E-state index contributed by atoms with van der Waals surface area (Å²) in [5.41, 5.74) is 0.841. The molecule has 0 aliphatic heterocycles. The van der Waals surface area contributed by atoms with E-state index in [4.69, 9.17) is 4.74 Å². The topological polar surface area (TPSA) is 29.5 Å². The first-order chi connectivity index (χ1) is 6.50. The average Bonchev–Trinajstić information content (AvgIpc) is 2.11. The fourth-order valence-electron chi connectivity index (χ4n) is 0.874. The normalized spacial score (nSPS) is 9.71. The largest absolute Gasteiger partial charge is 0.414 e. The first kappa shape index (κ1) is 10.5. The minimum atomic E-state index is -0.588. The lowest BCUT2D eigenvalue weighted by Crippen LogP contribution is -2.25. The van der Waals surface area contributed by atoms with Crippen LogP contribution in [-0.2, 0) is 0 Å². The highest BCUT2D eigenvalue weighted by molar-refractivity contribution is 5.70. The van der Waals surface area contributed by atoms with Crippen LogP contribution in [-0.4, -0.2) is 25.1 Å². The fraction of sp³-hybridized carbons (Fsp3) is 0.300. The van der Waals surface area contributed by atoms with Crippen LogP contribution >= 0.6 is 0 Å². The number of nitrogens with zero attached hydrogens (tertiary/aromatic N) is 1. The van der Waals surface area contributed by atoms with Crippen LogP contribution in [0.5, 0.6) is 5.75 Å². The Kier molecular flexibility index (Phi) is 3.06. The number of halogens is 1. The molecule has 76 valence electrons. The van der Waals surface area contributed by atoms with Gasteiger partial charge in [0.15, 0.2) is 11.6 Å². The number of aryl methyl sites for hydroxylation is 1. The molecule has 3 nitrogen and oxygen atoms in total. The van der Waals surface area contributed by atoms with Crippen molar-refractivity contribution >= 4 is 6.09 Å². The van der Waals surface area contributed by atoms with E-state index in [1.807, 2.05) is 0 Å². The van der Waals surface area contributed by atoms with E-state index in [0.29, 0.717) is 0 Å². The van der Waals surface area contributed by atoms with Crippen molar-refractivity contribution in [2.45, 2.75) is 6.92 Å². The van der Waals surface area contributed by atoms with Crippen LogP contribution in [0.4, 0.5) is 9.18 Å². The van der Waals surface area contributed by atoms with Crippen molar-refractivity contribution in [1.82, 2.24) is 4.90 Å². The number of carbonyl (C=O) groups is 1. The summed E-state index contributed by atoms with van der Waals surface area (Å²) in [4.78, 5) is 12.4. The van der Waals surface area contributed by atoms with Crippen LogP contribution in [0, 0.1) is 12.7 Å². The van der Waals surface area contributed by atoms with Gasteiger partial charge in [0.1, 0.15) is 0 Å². The van der Waals surface area contributed by atoms with E-state index in [9.17, 15) is 9.18 Å². The first-order valence-electron chi connectivity index (χ1n) is 4.16. The molecule has 0 aliphatic carbocycles. The molecule has 0 bridgehead atoms. The minimum Gasteiger partial charge on any atom is -0.407 e. The van der Waals surface area contributed by atoms with E-state index >= 15 is 0 Å². The molecule has 0 atom stereocenters. The number of carbonyl (C=O) groups excluding carboxylic acids is 1. The molecule has 0 N–H and O–H groups in total. The summed E-state index contributed by atoms with van der Waals surface area (Å²) in [7, 11) is 3.08. The third kappa shape index (κ3) is 2.45. The molecule has 0 radical (unpaired) electrons. The van der Waals surface area contributed by atoms with Gasteiger partial charge in [0.25, 0.3) is 0 Å². The van der Waals surface area contributed by atoms with Crippen molar-refractivity contribution < 1.29 is 13.9 Å². The Morgan fingerprint density at radius 3 is 2.64 bits per heavy atom. The van der Waals surface area contributed by atoms with E-state index in [2.05, 4.69) is 0 Å². The molecule has 1 amide bonds. The highest BCUT2D eigenvalue weighted by Gasteiger charge is 2.10. The van der Waals surface area contributed by atoms with Crippen molar-refractivity contribution in [3.05, 3.63) is 29.6 Å². The van der Waals surface area contributed by atoms with Crippen molar-refractivity contribution in [3.63, 3.8) is 0 Å². The maximum absolute atomic E-state index is 13.1. The number of rotatable bonds is 1. The zero-order valence-electron chi connectivity index (χ0n) is 8.37. The first-order valence-corrected chi connectivity index (χ1v) is 4.16. The van der Waals surface area contributed by atoms with E-state index in [0.717, 1.165) is 5.56 Å². The molecule has 0 saturated carbocycles. The van der Waals surface area contributed by atoms with Crippen LogP contribution < -0.4 is 4.74 Å². The molecule has 1 rings (SSSR count). The van der Waals surface area contributed by atoms with Crippen molar-refractivity contribution in [1.29, 1.82) is 0 Å². The monoisotopic (exact) mass is 197 g/mol. The Hall–Kier alpha value is -1.58. The number of hydrogen-bond donors (Lipinski definition) is 0. The van der Waals surface area contributed by atoms with Crippen LogP contribution in [0.25, 0.3) is 0 Å². The zero-order valence-corrected chi connectivity index (χ0v) is 8.37. The predicted molar refractivity (Wildman–Crippen MR) is 50.8 cm³/mol. The van der Waals surface area contributed by atoms with Crippen LogP contribution in [0.2, 0.25) is 0 Å². The van der Waals surface area contributed by atoms with E-state index < -0.39 is 11.9 Å². The highest BCUT2D eigenvalue weighted by atomic mass is 19.1. The van der Waals surface area contributed by atoms with Gasteiger partial charge >= 0.3 is 6.09 Å².